The number of nitro benzene ring substituents is 1. The third-order valence-electron chi connectivity index (χ3n) is 2.96. The molecule has 6 heteroatoms. The molecule has 1 amide bonds. The Labute approximate surface area is 120 Å². The molecule has 2 aromatic rings. The number of rotatable bonds is 3. The SMILES string of the molecule is Cc1ccc([N+](=O)[O-])cc1NC(=O)c1ccc(C#N)cc1. The van der Waals surface area contributed by atoms with Crippen molar-refractivity contribution in [2.45, 2.75) is 6.92 Å². The van der Waals surface area contributed by atoms with E-state index in [0.29, 0.717) is 16.8 Å². The summed E-state index contributed by atoms with van der Waals surface area (Å²) in [7, 11) is 0. The summed E-state index contributed by atoms with van der Waals surface area (Å²) in [6.07, 6.45) is 0. The van der Waals surface area contributed by atoms with Crippen LogP contribution in [0.25, 0.3) is 0 Å². The molecule has 0 spiro atoms. The summed E-state index contributed by atoms with van der Waals surface area (Å²) < 4.78 is 0. The summed E-state index contributed by atoms with van der Waals surface area (Å²) in [5.74, 6) is -0.386. The molecule has 1 N–H and O–H groups in total. The van der Waals surface area contributed by atoms with E-state index in [0.717, 1.165) is 5.56 Å². The van der Waals surface area contributed by atoms with Gasteiger partial charge in [0.05, 0.1) is 22.2 Å². The zero-order valence-corrected chi connectivity index (χ0v) is 11.2. The van der Waals surface area contributed by atoms with Crippen LogP contribution in [-0.4, -0.2) is 10.8 Å². The molecule has 0 radical (unpaired) electrons. The molecule has 0 heterocycles. The first kappa shape index (κ1) is 14.2. The molecule has 0 saturated carbocycles. The van der Waals surface area contributed by atoms with Gasteiger partial charge in [0, 0.05) is 17.7 Å². The van der Waals surface area contributed by atoms with Crippen LogP contribution < -0.4 is 5.32 Å². The molecule has 0 aliphatic rings. The minimum Gasteiger partial charge on any atom is -0.321 e. The van der Waals surface area contributed by atoms with Gasteiger partial charge in [0.2, 0.25) is 0 Å². The van der Waals surface area contributed by atoms with E-state index in [4.69, 9.17) is 5.26 Å². The number of hydrogen-bond donors (Lipinski definition) is 1. The third kappa shape index (κ3) is 3.22. The summed E-state index contributed by atoms with van der Waals surface area (Å²) in [4.78, 5) is 22.3. The van der Waals surface area contributed by atoms with E-state index in [1.54, 1.807) is 13.0 Å². The normalized spacial score (nSPS) is 9.71. The molecule has 0 fully saturated rings. The highest BCUT2D eigenvalue weighted by Crippen LogP contribution is 2.22. The van der Waals surface area contributed by atoms with Crippen LogP contribution in [0.3, 0.4) is 0 Å². The van der Waals surface area contributed by atoms with Crippen molar-refractivity contribution in [1.29, 1.82) is 5.26 Å². The van der Waals surface area contributed by atoms with Crippen molar-refractivity contribution in [3.8, 4) is 6.07 Å². The fourth-order valence-corrected chi connectivity index (χ4v) is 1.75. The van der Waals surface area contributed by atoms with Gasteiger partial charge in [-0.1, -0.05) is 6.07 Å². The van der Waals surface area contributed by atoms with Gasteiger partial charge in [0.1, 0.15) is 0 Å². The van der Waals surface area contributed by atoms with Crippen LogP contribution >= 0.6 is 0 Å². The van der Waals surface area contributed by atoms with E-state index in [-0.39, 0.29) is 11.6 Å². The molecule has 2 aromatic carbocycles. The molecule has 0 aromatic heterocycles. The maximum absolute atomic E-state index is 12.1. The van der Waals surface area contributed by atoms with Crippen LogP contribution in [0.5, 0.6) is 0 Å². The number of nitrogens with zero attached hydrogens (tertiary/aromatic N) is 2. The Hall–Kier alpha value is -3.20. The van der Waals surface area contributed by atoms with Crippen LogP contribution in [0.15, 0.2) is 42.5 Å². The second-order valence-electron chi connectivity index (χ2n) is 4.40. The number of amides is 1. The van der Waals surface area contributed by atoms with E-state index in [1.165, 1.54) is 36.4 Å². The Balaban J connectivity index is 2.24. The predicted molar refractivity (Wildman–Crippen MR) is 76.9 cm³/mol. The lowest BCUT2D eigenvalue weighted by molar-refractivity contribution is -0.384. The highest BCUT2D eigenvalue weighted by atomic mass is 16.6. The number of hydrogen-bond acceptors (Lipinski definition) is 4. The molecular formula is C15H11N3O3. The molecule has 0 atom stereocenters. The van der Waals surface area contributed by atoms with E-state index in [1.807, 2.05) is 6.07 Å². The fraction of sp³-hybridized carbons (Fsp3) is 0.0667. The van der Waals surface area contributed by atoms with Crippen LogP contribution in [0.1, 0.15) is 21.5 Å². The molecule has 0 unspecified atom stereocenters. The first-order chi connectivity index (χ1) is 10.0. The zero-order chi connectivity index (χ0) is 15.4. The Bertz CT molecular complexity index is 746. The van der Waals surface area contributed by atoms with Crippen LogP contribution in [0.2, 0.25) is 0 Å². The molecule has 0 aliphatic carbocycles. The molecule has 21 heavy (non-hydrogen) atoms. The maximum Gasteiger partial charge on any atom is 0.271 e. The van der Waals surface area contributed by atoms with Crippen LogP contribution in [0.4, 0.5) is 11.4 Å². The van der Waals surface area contributed by atoms with Crippen molar-refractivity contribution in [2.75, 3.05) is 5.32 Å². The van der Waals surface area contributed by atoms with Gasteiger partial charge >= 0.3 is 0 Å². The van der Waals surface area contributed by atoms with Crippen molar-refractivity contribution in [2.24, 2.45) is 0 Å². The van der Waals surface area contributed by atoms with Gasteiger partial charge in [0.25, 0.3) is 11.6 Å². The summed E-state index contributed by atoms with van der Waals surface area (Å²) >= 11 is 0. The molecular weight excluding hydrogens is 270 g/mol. The number of benzene rings is 2. The number of nitro groups is 1. The predicted octanol–water partition coefficient (Wildman–Crippen LogP) is 3.03. The lowest BCUT2D eigenvalue weighted by Crippen LogP contribution is -2.12. The Morgan fingerprint density at radius 3 is 2.48 bits per heavy atom. The molecule has 0 aliphatic heterocycles. The van der Waals surface area contributed by atoms with Gasteiger partial charge in [-0.3, -0.25) is 14.9 Å². The third-order valence-corrected chi connectivity index (χ3v) is 2.96. The van der Waals surface area contributed by atoms with Gasteiger partial charge in [-0.25, -0.2) is 0 Å². The monoisotopic (exact) mass is 281 g/mol. The van der Waals surface area contributed by atoms with Gasteiger partial charge in [-0.15, -0.1) is 0 Å². The van der Waals surface area contributed by atoms with E-state index < -0.39 is 4.92 Å². The van der Waals surface area contributed by atoms with E-state index >= 15 is 0 Å². The number of carbonyl (C=O) groups excluding carboxylic acids is 1. The lowest BCUT2D eigenvalue weighted by Gasteiger charge is -2.08. The zero-order valence-electron chi connectivity index (χ0n) is 11.2. The van der Waals surface area contributed by atoms with Gasteiger partial charge in [-0.2, -0.15) is 5.26 Å². The van der Waals surface area contributed by atoms with Crippen molar-refractivity contribution in [1.82, 2.24) is 0 Å². The minimum absolute atomic E-state index is 0.0873. The molecule has 104 valence electrons. The summed E-state index contributed by atoms with van der Waals surface area (Å²) in [5.41, 5.74) is 1.86. The minimum atomic E-state index is -0.517. The van der Waals surface area contributed by atoms with Crippen molar-refractivity contribution in [3.63, 3.8) is 0 Å². The molecule has 6 nitrogen and oxygen atoms in total. The smallest absolute Gasteiger partial charge is 0.271 e. The topological polar surface area (TPSA) is 96.0 Å². The Morgan fingerprint density at radius 2 is 1.90 bits per heavy atom. The second-order valence-corrected chi connectivity index (χ2v) is 4.40. The molecule has 0 bridgehead atoms. The van der Waals surface area contributed by atoms with Crippen molar-refractivity contribution in [3.05, 3.63) is 69.3 Å². The van der Waals surface area contributed by atoms with Gasteiger partial charge in [0.15, 0.2) is 0 Å². The Morgan fingerprint density at radius 1 is 1.24 bits per heavy atom. The fourth-order valence-electron chi connectivity index (χ4n) is 1.75. The average Bonchev–Trinajstić information content (AvgIpc) is 2.49. The van der Waals surface area contributed by atoms with Crippen molar-refractivity contribution < 1.29 is 9.72 Å². The molecule has 0 saturated heterocycles. The number of nitriles is 1. The second kappa shape index (κ2) is 5.84. The number of aryl methyl sites for hydroxylation is 1. The summed E-state index contributed by atoms with van der Waals surface area (Å²) in [6.45, 7) is 1.75. The first-order valence-corrected chi connectivity index (χ1v) is 6.08. The summed E-state index contributed by atoms with van der Waals surface area (Å²) in [5, 5.41) is 22.1. The van der Waals surface area contributed by atoms with E-state index in [2.05, 4.69) is 5.32 Å². The Kier molecular flexibility index (Phi) is 3.95. The van der Waals surface area contributed by atoms with E-state index in [9.17, 15) is 14.9 Å². The largest absolute Gasteiger partial charge is 0.321 e. The quantitative estimate of drug-likeness (QED) is 0.690. The lowest BCUT2D eigenvalue weighted by atomic mass is 10.1. The van der Waals surface area contributed by atoms with Gasteiger partial charge < -0.3 is 5.32 Å². The first-order valence-electron chi connectivity index (χ1n) is 6.08. The molecule has 2 rings (SSSR count). The highest BCUT2D eigenvalue weighted by Gasteiger charge is 2.12. The average molecular weight is 281 g/mol. The number of nitrogens with one attached hydrogen (secondary N) is 1. The number of anilines is 1. The van der Waals surface area contributed by atoms with Gasteiger partial charge in [-0.05, 0) is 36.8 Å². The van der Waals surface area contributed by atoms with Crippen LogP contribution in [-0.2, 0) is 0 Å². The summed E-state index contributed by atoms with van der Waals surface area (Å²) in [6, 6.07) is 12.4. The number of non-ortho nitro benzene ring substituents is 1. The number of carbonyl (C=O) groups is 1. The van der Waals surface area contributed by atoms with Crippen LogP contribution in [0, 0.1) is 28.4 Å². The maximum atomic E-state index is 12.1. The van der Waals surface area contributed by atoms with Crippen molar-refractivity contribution >= 4 is 17.3 Å². The standard InChI is InChI=1S/C15H11N3O3/c1-10-2-7-13(18(20)21)8-14(10)17-15(19)12-5-3-11(9-16)4-6-12/h2-8H,1H3,(H,17,19). The highest BCUT2D eigenvalue weighted by molar-refractivity contribution is 6.04.